The third kappa shape index (κ3) is 3.67. The van der Waals surface area contributed by atoms with Crippen molar-refractivity contribution in [2.75, 3.05) is 12.4 Å². The van der Waals surface area contributed by atoms with Crippen LogP contribution in [-0.2, 0) is 4.79 Å². The number of nitro benzene ring substituents is 1. The lowest BCUT2D eigenvalue weighted by Crippen LogP contribution is -2.45. The molecule has 20 heavy (non-hydrogen) atoms. The van der Waals surface area contributed by atoms with Gasteiger partial charge in [-0.1, -0.05) is 20.8 Å². The monoisotopic (exact) mass is 281 g/mol. The molecule has 0 aliphatic heterocycles. The summed E-state index contributed by atoms with van der Waals surface area (Å²) in [7, 11) is 1.37. The molecule has 1 aromatic carbocycles. The summed E-state index contributed by atoms with van der Waals surface area (Å²) in [6, 6.07) is 3.26. The van der Waals surface area contributed by atoms with Gasteiger partial charge in [0.15, 0.2) is 0 Å². The van der Waals surface area contributed by atoms with Crippen LogP contribution in [0.1, 0.15) is 20.8 Å². The minimum atomic E-state index is -0.706. The number of carbonyl (C=O) groups excluding carboxylic acids is 1. The van der Waals surface area contributed by atoms with Crippen LogP contribution in [0.5, 0.6) is 5.75 Å². The maximum atomic E-state index is 12.0. The molecule has 0 spiro atoms. The largest absolute Gasteiger partial charge is 0.494 e. The fourth-order valence-electron chi connectivity index (χ4n) is 1.50. The van der Waals surface area contributed by atoms with Crippen LogP contribution < -0.4 is 15.8 Å². The first-order chi connectivity index (χ1) is 9.16. The van der Waals surface area contributed by atoms with Gasteiger partial charge >= 0.3 is 0 Å². The average Bonchev–Trinajstić information content (AvgIpc) is 2.36. The fourth-order valence-corrected chi connectivity index (χ4v) is 1.50. The van der Waals surface area contributed by atoms with Gasteiger partial charge in [0.25, 0.3) is 5.69 Å². The zero-order valence-electron chi connectivity index (χ0n) is 12.0. The van der Waals surface area contributed by atoms with Gasteiger partial charge in [-0.2, -0.15) is 0 Å². The Balaban J connectivity index is 2.98. The highest BCUT2D eigenvalue weighted by atomic mass is 16.6. The highest BCUT2D eigenvalue weighted by Gasteiger charge is 2.28. The van der Waals surface area contributed by atoms with Gasteiger partial charge in [0.1, 0.15) is 5.75 Å². The van der Waals surface area contributed by atoms with Crippen molar-refractivity contribution in [2.24, 2.45) is 11.1 Å². The number of non-ortho nitro benzene ring substituents is 1. The minimum Gasteiger partial charge on any atom is -0.494 e. The molecule has 1 atom stereocenters. The van der Waals surface area contributed by atoms with Gasteiger partial charge in [0.05, 0.1) is 29.8 Å². The number of methoxy groups -OCH3 is 1. The van der Waals surface area contributed by atoms with Crippen LogP contribution in [0.15, 0.2) is 18.2 Å². The van der Waals surface area contributed by atoms with E-state index in [9.17, 15) is 14.9 Å². The standard InChI is InChI=1S/C13H19N3O4/c1-13(2,3)11(14)12(17)15-9-6-5-8(16(18)19)7-10(9)20-4/h5-7,11H,14H2,1-4H3,(H,15,17)/t11-/m0/s1. The number of nitrogens with two attached hydrogens (primary N) is 1. The van der Waals surface area contributed by atoms with Crippen molar-refractivity contribution in [1.29, 1.82) is 0 Å². The van der Waals surface area contributed by atoms with E-state index in [4.69, 9.17) is 10.5 Å². The number of nitro groups is 1. The number of rotatable bonds is 4. The van der Waals surface area contributed by atoms with E-state index in [2.05, 4.69) is 5.32 Å². The van der Waals surface area contributed by atoms with Crippen molar-refractivity contribution in [3.8, 4) is 5.75 Å². The molecule has 0 bridgehead atoms. The summed E-state index contributed by atoms with van der Waals surface area (Å²) < 4.78 is 5.04. The quantitative estimate of drug-likeness (QED) is 0.647. The number of nitrogens with one attached hydrogen (secondary N) is 1. The summed E-state index contributed by atoms with van der Waals surface area (Å²) in [4.78, 5) is 22.2. The van der Waals surface area contributed by atoms with E-state index in [0.29, 0.717) is 5.69 Å². The Kier molecular flexibility index (Phi) is 4.67. The van der Waals surface area contributed by atoms with E-state index in [-0.39, 0.29) is 17.3 Å². The second-order valence-electron chi connectivity index (χ2n) is 5.47. The molecule has 0 aliphatic carbocycles. The minimum absolute atomic E-state index is 0.111. The number of nitrogens with zero attached hydrogens (tertiary/aromatic N) is 1. The van der Waals surface area contributed by atoms with E-state index in [1.165, 1.54) is 25.3 Å². The normalized spacial score (nSPS) is 12.7. The smallest absolute Gasteiger partial charge is 0.273 e. The molecule has 0 saturated heterocycles. The third-order valence-corrected chi connectivity index (χ3v) is 2.87. The molecule has 110 valence electrons. The number of carbonyl (C=O) groups is 1. The van der Waals surface area contributed by atoms with E-state index in [0.717, 1.165) is 0 Å². The van der Waals surface area contributed by atoms with Crippen LogP contribution in [0, 0.1) is 15.5 Å². The SMILES string of the molecule is COc1cc([N+](=O)[O-])ccc1NC(=O)[C@H](N)C(C)(C)C. The molecular formula is C13H19N3O4. The second kappa shape index (κ2) is 5.87. The fraction of sp³-hybridized carbons (Fsp3) is 0.462. The lowest BCUT2D eigenvalue weighted by atomic mass is 9.87. The van der Waals surface area contributed by atoms with E-state index < -0.39 is 16.4 Å². The molecule has 1 aromatic rings. The molecule has 7 heteroatoms. The van der Waals surface area contributed by atoms with Crippen molar-refractivity contribution in [2.45, 2.75) is 26.8 Å². The number of amides is 1. The maximum absolute atomic E-state index is 12.0. The molecule has 1 amide bonds. The highest BCUT2D eigenvalue weighted by molar-refractivity contribution is 5.96. The molecular weight excluding hydrogens is 262 g/mol. The number of anilines is 1. The number of benzene rings is 1. The highest BCUT2D eigenvalue weighted by Crippen LogP contribution is 2.29. The molecule has 1 rings (SSSR count). The summed E-state index contributed by atoms with van der Waals surface area (Å²) in [5.41, 5.74) is 5.70. The zero-order chi connectivity index (χ0) is 15.5. The summed E-state index contributed by atoms with van der Waals surface area (Å²) >= 11 is 0. The van der Waals surface area contributed by atoms with Crippen molar-refractivity contribution >= 4 is 17.3 Å². The van der Waals surface area contributed by atoms with Crippen molar-refractivity contribution in [1.82, 2.24) is 0 Å². The predicted octanol–water partition coefficient (Wildman–Crippen LogP) is 1.92. The van der Waals surface area contributed by atoms with Gasteiger partial charge in [-0.05, 0) is 11.5 Å². The Morgan fingerprint density at radius 1 is 1.45 bits per heavy atom. The molecule has 0 aromatic heterocycles. The Hall–Kier alpha value is -2.15. The molecule has 0 radical (unpaired) electrons. The molecule has 0 unspecified atom stereocenters. The van der Waals surface area contributed by atoms with Crippen LogP contribution in [0.3, 0.4) is 0 Å². The Morgan fingerprint density at radius 3 is 2.50 bits per heavy atom. The number of ether oxygens (including phenoxy) is 1. The first-order valence-corrected chi connectivity index (χ1v) is 6.05. The summed E-state index contributed by atoms with van der Waals surface area (Å²) in [6.07, 6.45) is 0. The summed E-state index contributed by atoms with van der Waals surface area (Å²) in [5, 5.41) is 13.3. The summed E-state index contributed by atoms with van der Waals surface area (Å²) in [6.45, 7) is 5.55. The van der Waals surface area contributed by atoms with Gasteiger partial charge in [0.2, 0.25) is 5.91 Å². The summed E-state index contributed by atoms with van der Waals surface area (Å²) in [5.74, 6) is -0.154. The van der Waals surface area contributed by atoms with Gasteiger partial charge in [0, 0.05) is 6.07 Å². The first-order valence-electron chi connectivity index (χ1n) is 6.05. The van der Waals surface area contributed by atoms with Crippen LogP contribution in [0.4, 0.5) is 11.4 Å². The van der Waals surface area contributed by atoms with Crippen molar-refractivity contribution < 1.29 is 14.5 Å². The molecule has 3 N–H and O–H groups in total. The van der Waals surface area contributed by atoms with E-state index in [1.807, 2.05) is 20.8 Å². The van der Waals surface area contributed by atoms with Crippen LogP contribution >= 0.6 is 0 Å². The molecule has 0 saturated carbocycles. The predicted molar refractivity (Wildman–Crippen MR) is 75.7 cm³/mol. The number of hydrogen-bond acceptors (Lipinski definition) is 5. The Labute approximate surface area is 117 Å². The van der Waals surface area contributed by atoms with E-state index >= 15 is 0 Å². The van der Waals surface area contributed by atoms with Crippen LogP contribution in [0.2, 0.25) is 0 Å². The molecule has 0 aliphatic rings. The lowest BCUT2D eigenvalue weighted by molar-refractivity contribution is -0.384. The van der Waals surface area contributed by atoms with Crippen LogP contribution in [-0.4, -0.2) is 24.0 Å². The molecule has 0 fully saturated rings. The Bertz CT molecular complexity index is 523. The average molecular weight is 281 g/mol. The molecule has 7 nitrogen and oxygen atoms in total. The van der Waals surface area contributed by atoms with Gasteiger partial charge in [-0.3, -0.25) is 14.9 Å². The molecule has 0 heterocycles. The Morgan fingerprint density at radius 2 is 2.05 bits per heavy atom. The topological polar surface area (TPSA) is 107 Å². The lowest BCUT2D eigenvalue weighted by Gasteiger charge is -2.26. The van der Waals surface area contributed by atoms with Gasteiger partial charge < -0.3 is 15.8 Å². The van der Waals surface area contributed by atoms with Gasteiger partial charge in [-0.15, -0.1) is 0 Å². The van der Waals surface area contributed by atoms with Crippen molar-refractivity contribution in [3.63, 3.8) is 0 Å². The van der Waals surface area contributed by atoms with Gasteiger partial charge in [-0.25, -0.2) is 0 Å². The second-order valence-corrected chi connectivity index (χ2v) is 5.47. The number of hydrogen-bond donors (Lipinski definition) is 2. The maximum Gasteiger partial charge on any atom is 0.273 e. The first kappa shape index (κ1) is 15.9. The van der Waals surface area contributed by atoms with Crippen LogP contribution in [0.25, 0.3) is 0 Å². The van der Waals surface area contributed by atoms with Crippen molar-refractivity contribution in [3.05, 3.63) is 28.3 Å². The van der Waals surface area contributed by atoms with E-state index in [1.54, 1.807) is 0 Å². The third-order valence-electron chi connectivity index (χ3n) is 2.87. The zero-order valence-corrected chi connectivity index (χ0v) is 12.0.